The molecular weight excluding hydrogens is 186 g/mol. The van der Waals surface area contributed by atoms with E-state index >= 15 is 0 Å². The molecule has 0 amide bonds. The molecule has 2 aromatic rings. The van der Waals surface area contributed by atoms with E-state index in [2.05, 4.69) is 11.1 Å². The highest BCUT2D eigenvalue weighted by Gasteiger charge is 1.99. The van der Waals surface area contributed by atoms with Gasteiger partial charge in [-0.05, 0) is 24.3 Å². The van der Waals surface area contributed by atoms with Gasteiger partial charge in [0.15, 0.2) is 0 Å². The molecule has 3 heteroatoms. The topological polar surface area (TPSA) is 62.7 Å². The molecular formula is C12H9N3. The minimum Gasteiger partial charge on any atom is -0.399 e. The maximum atomic E-state index is 8.66. The summed E-state index contributed by atoms with van der Waals surface area (Å²) in [6, 6.07) is 12.9. The number of nitrogens with zero attached hydrogens (tertiary/aromatic N) is 2. The zero-order valence-electron chi connectivity index (χ0n) is 8.01. The molecule has 0 saturated heterocycles. The predicted molar refractivity (Wildman–Crippen MR) is 58.8 cm³/mol. The second kappa shape index (κ2) is 3.81. The van der Waals surface area contributed by atoms with Gasteiger partial charge in [0, 0.05) is 17.4 Å². The molecule has 0 aliphatic carbocycles. The predicted octanol–water partition coefficient (Wildman–Crippen LogP) is 2.20. The third kappa shape index (κ3) is 1.94. The first-order valence-electron chi connectivity index (χ1n) is 4.51. The number of pyridine rings is 1. The van der Waals surface area contributed by atoms with Crippen molar-refractivity contribution in [2.45, 2.75) is 0 Å². The molecule has 1 aromatic heterocycles. The third-order valence-corrected chi connectivity index (χ3v) is 2.09. The Labute approximate surface area is 87.8 Å². The first kappa shape index (κ1) is 9.22. The Balaban J connectivity index is 2.42. The fraction of sp³-hybridized carbons (Fsp3) is 0. The van der Waals surface area contributed by atoms with Crippen molar-refractivity contribution in [3.8, 4) is 17.3 Å². The molecule has 2 N–H and O–H groups in total. The second-order valence-electron chi connectivity index (χ2n) is 3.16. The standard InChI is InChI=1S/C12H9N3/c13-8-9-1-3-10(4-2-9)12-7-11(14)5-6-15-12/h1-7H,(H2,14,15). The van der Waals surface area contributed by atoms with Gasteiger partial charge in [0.1, 0.15) is 0 Å². The average molecular weight is 195 g/mol. The van der Waals surface area contributed by atoms with E-state index in [1.807, 2.05) is 12.1 Å². The van der Waals surface area contributed by atoms with Crippen LogP contribution in [0.2, 0.25) is 0 Å². The summed E-state index contributed by atoms with van der Waals surface area (Å²) in [5, 5.41) is 8.66. The van der Waals surface area contributed by atoms with Crippen LogP contribution in [0.3, 0.4) is 0 Å². The molecule has 0 spiro atoms. The minimum absolute atomic E-state index is 0.641. The number of aromatic nitrogens is 1. The lowest BCUT2D eigenvalue weighted by molar-refractivity contribution is 1.33. The Hall–Kier alpha value is -2.34. The molecule has 0 unspecified atom stereocenters. The monoisotopic (exact) mass is 195 g/mol. The summed E-state index contributed by atoms with van der Waals surface area (Å²) >= 11 is 0. The van der Waals surface area contributed by atoms with E-state index in [1.165, 1.54) is 0 Å². The Morgan fingerprint density at radius 2 is 1.87 bits per heavy atom. The van der Waals surface area contributed by atoms with Gasteiger partial charge in [0.25, 0.3) is 0 Å². The molecule has 15 heavy (non-hydrogen) atoms. The number of benzene rings is 1. The summed E-state index contributed by atoms with van der Waals surface area (Å²) in [7, 11) is 0. The number of anilines is 1. The number of hydrogen-bond donors (Lipinski definition) is 1. The maximum absolute atomic E-state index is 8.66. The lowest BCUT2D eigenvalue weighted by Crippen LogP contribution is -1.88. The van der Waals surface area contributed by atoms with Gasteiger partial charge < -0.3 is 5.73 Å². The SMILES string of the molecule is N#Cc1ccc(-c2cc(N)ccn2)cc1. The van der Waals surface area contributed by atoms with Gasteiger partial charge in [-0.15, -0.1) is 0 Å². The molecule has 0 radical (unpaired) electrons. The van der Waals surface area contributed by atoms with Crippen LogP contribution in [0.25, 0.3) is 11.3 Å². The van der Waals surface area contributed by atoms with E-state index < -0.39 is 0 Å². The zero-order chi connectivity index (χ0) is 10.7. The molecule has 0 bridgehead atoms. The van der Waals surface area contributed by atoms with Crippen molar-refractivity contribution in [1.82, 2.24) is 4.98 Å². The highest BCUT2D eigenvalue weighted by atomic mass is 14.7. The lowest BCUT2D eigenvalue weighted by Gasteiger charge is -2.01. The fourth-order valence-electron chi connectivity index (χ4n) is 1.32. The van der Waals surface area contributed by atoms with E-state index in [1.54, 1.807) is 30.5 Å². The summed E-state index contributed by atoms with van der Waals surface area (Å²) in [5.74, 6) is 0. The summed E-state index contributed by atoms with van der Waals surface area (Å²) in [4.78, 5) is 4.20. The van der Waals surface area contributed by atoms with E-state index in [9.17, 15) is 0 Å². The Morgan fingerprint density at radius 3 is 2.47 bits per heavy atom. The normalized spacial score (nSPS) is 9.53. The van der Waals surface area contributed by atoms with Crippen LogP contribution in [0, 0.1) is 11.3 Å². The smallest absolute Gasteiger partial charge is 0.0991 e. The quantitative estimate of drug-likeness (QED) is 0.758. The van der Waals surface area contributed by atoms with Crippen molar-refractivity contribution in [3.63, 3.8) is 0 Å². The van der Waals surface area contributed by atoms with Gasteiger partial charge in [-0.25, -0.2) is 0 Å². The van der Waals surface area contributed by atoms with E-state index in [0.717, 1.165) is 11.3 Å². The first-order chi connectivity index (χ1) is 7.29. The van der Waals surface area contributed by atoms with Crippen molar-refractivity contribution in [2.75, 3.05) is 5.73 Å². The second-order valence-corrected chi connectivity index (χ2v) is 3.16. The zero-order valence-corrected chi connectivity index (χ0v) is 8.01. The number of rotatable bonds is 1. The number of nitrogen functional groups attached to an aromatic ring is 1. The van der Waals surface area contributed by atoms with Gasteiger partial charge in [0.2, 0.25) is 0 Å². The van der Waals surface area contributed by atoms with E-state index in [0.29, 0.717) is 11.3 Å². The van der Waals surface area contributed by atoms with Crippen LogP contribution in [0.1, 0.15) is 5.56 Å². The van der Waals surface area contributed by atoms with Crippen molar-refractivity contribution in [2.24, 2.45) is 0 Å². The van der Waals surface area contributed by atoms with Gasteiger partial charge in [-0.1, -0.05) is 12.1 Å². The van der Waals surface area contributed by atoms with Crippen LogP contribution < -0.4 is 5.73 Å². The van der Waals surface area contributed by atoms with Crippen LogP contribution in [0.15, 0.2) is 42.6 Å². The molecule has 72 valence electrons. The molecule has 2 rings (SSSR count). The first-order valence-corrected chi connectivity index (χ1v) is 4.51. The van der Waals surface area contributed by atoms with Gasteiger partial charge in [-0.3, -0.25) is 4.98 Å². The highest BCUT2D eigenvalue weighted by molar-refractivity contribution is 5.63. The molecule has 0 aliphatic rings. The summed E-state index contributed by atoms with van der Waals surface area (Å²) < 4.78 is 0. The number of nitriles is 1. The lowest BCUT2D eigenvalue weighted by atomic mass is 10.1. The Kier molecular flexibility index (Phi) is 2.34. The van der Waals surface area contributed by atoms with Crippen molar-refractivity contribution < 1.29 is 0 Å². The molecule has 1 aromatic carbocycles. The molecule has 0 atom stereocenters. The van der Waals surface area contributed by atoms with E-state index in [4.69, 9.17) is 11.0 Å². The highest BCUT2D eigenvalue weighted by Crippen LogP contribution is 2.18. The van der Waals surface area contributed by atoms with Crippen molar-refractivity contribution >= 4 is 5.69 Å². The Bertz CT molecular complexity index is 509. The van der Waals surface area contributed by atoms with Crippen LogP contribution in [0.5, 0.6) is 0 Å². The molecule has 0 fully saturated rings. The number of hydrogen-bond acceptors (Lipinski definition) is 3. The third-order valence-electron chi connectivity index (χ3n) is 2.09. The van der Waals surface area contributed by atoms with Crippen LogP contribution in [-0.4, -0.2) is 4.98 Å². The van der Waals surface area contributed by atoms with Gasteiger partial charge in [-0.2, -0.15) is 5.26 Å². The van der Waals surface area contributed by atoms with Crippen molar-refractivity contribution in [3.05, 3.63) is 48.2 Å². The molecule has 1 heterocycles. The summed E-state index contributed by atoms with van der Waals surface area (Å²) in [6.07, 6.45) is 1.67. The fourth-order valence-corrected chi connectivity index (χ4v) is 1.32. The summed E-state index contributed by atoms with van der Waals surface area (Å²) in [6.45, 7) is 0. The van der Waals surface area contributed by atoms with Gasteiger partial charge >= 0.3 is 0 Å². The van der Waals surface area contributed by atoms with Gasteiger partial charge in [0.05, 0.1) is 17.3 Å². The maximum Gasteiger partial charge on any atom is 0.0991 e. The Morgan fingerprint density at radius 1 is 1.13 bits per heavy atom. The largest absolute Gasteiger partial charge is 0.399 e. The number of nitrogens with two attached hydrogens (primary N) is 1. The van der Waals surface area contributed by atoms with Crippen LogP contribution in [-0.2, 0) is 0 Å². The molecule has 0 saturated carbocycles. The summed E-state index contributed by atoms with van der Waals surface area (Å²) in [5.41, 5.74) is 8.76. The molecule has 3 nitrogen and oxygen atoms in total. The van der Waals surface area contributed by atoms with Crippen LogP contribution >= 0.6 is 0 Å². The van der Waals surface area contributed by atoms with Crippen LogP contribution in [0.4, 0.5) is 5.69 Å². The molecule has 0 aliphatic heterocycles. The average Bonchev–Trinajstić information content (AvgIpc) is 2.29. The van der Waals surface area contributed by atoms with Crippen molar-refractivity contribution in [1.29, 1.82) is 5.26 Å². The van der Waals surface area contributed by atoms with E-state index in [-0.39, 0.29) is 0 Å². The minimum atomic E-state index is 0.641.